The van der Waals surface area contributed by atoms with E-state index in [1.807, 2.05) is 24.6 Å². The van der Waals surface area contributed by atoms with Crippen LogP contribution in [0.25, 0.3) is 0 Å². The Balaban J connectivity index is 1.98. The molecule has 0 aromatic carbocycles. The van der Waals surface area contributed by atoms with Gasteiger partial charge in [0, 0.05) is 17.5 Å². The number of carbonyl (C=O) groups excluding carboxylic acids is 1. The standard InChI is InChI=1S/C15H25N3O2/c1-11-8-18(12(2)15(11)13(3)19)10-14(20)9-17-6-4-16-5-7-17/h8,14,16,20H,4-7,9-10H2,1-3H3/p+2/t14-/m0/s1. The lowest BCUT2D eigenvalue weighted by molar-refractivity contribution is -0.949. The van der Waals surface area contributed by atoms with Crippen molar-refractivity contribution in [2.45, 2.75) is 33.4 Å². The minimum Gasteiger partial charge on any atom is -0.385 e. The van der Waals surface area contributed by atoms with Crippen LogP contribution in [0.4, 0.5) is 0 Å². The Bertz CT molecular complexity index is 476. The third kappa shape index (κ3) is 3.48. The van der Waals surface area contributed by atoms with Gasteiger partial charge in [0.15, 0.2) is 5.78 Å². The topological polar surface area (TPSA) is 63.3 Å². The van der Waals surface area contributed by atoms with Crippen LogP contribution in [0.1, 0.15) is 28.5 Å². The first-order valence-corrected chi connectivity index (χ1v) is 7.49. The SMILES string of the molecule is CC(=O)c1c(C)cn(C[C@@H](O)C[NH+]2CC[NH2+]CC2)c1C. The number of aryl methyl sites for hydroxylation is 1. The number of aliphatic hydroxyl groups excluding tert-OH is 1. The number of nitrogens with zero attached hydrogens (tertiary/aromatic N) is 1. The second kappa shape index (κ2) is 6.52. The summed E-state index contributed by atoms with van der Waals surface area (Å²) in [4.78, 5) is 13.1. The van der Waals surface area contributed by atoms with E-state index in [1.165, 1.54) is 4.90 Å². The molecule has 1 aliphatic rings. The predicted octanol–water partition coefficient (Wildman–Crippen LogP) is -1.87. The molecule has 112 valence electrons. The van der Waals surface area contributed by atoms with Gasteiger partial charge in [0.1, 0.15) is 38.8 Å². The molecule has 2 heterocycles. The Labute approximate surface area is 120 Å². The van der Waals surface area contributed by atoms with Gasteiger partial charge in [-0.05, 0) is 26.3 Å². The van der Waals surface area contributed by atoms with Crippen LogP contribution >= 0.6 is 0 Å². The number of rotatable bonds is 5. The van der Waals surface area contributed by atoms with E-state index in [-0.39, 0.29) is 11.9 Å². The molecule has 2 rings (SSSR count). The van der Waals surface area contributed by atoms with Crippen molar-refractivity contribution < 1.29 is 20.1 Å². The second-order valence-electron chi connectivity index (χ2n) is 5.96. The van der Waals surface area contributed by atoms with Gasteiger partial charge >= 0.3 is 0 Å². The molecule has 1 fully saturated rings. The van der Waals surface area contributed by atoms with E-state index in [1.54, 1.807) is 6.92 Å². The van der Waals surface area contributed by atoms with Gasteiger partial charge in [-0.1, -0.05) is 0 Å². The van der Waals surface area contributed by atoms with Crippen LogP contribution in [-0.4, -0.2) is 54.3 Å². The van der Waals surface area contributed by atoms with Crippen LogP contribution in [0.15, 0.2) is 6.20 Å². The highest BCUT2D eigenvalue weighted by Crippen LogP contribution is 2.17. The zero-order valence-corrected chi connectivity index (χ0v) is 12.8. The van der Waals surface area contributed by atoms with Crippen molar-refractivity contribution in [1.82, 2.24) is 4.57 Å². The number of quaternary nitrogens is 2. The van der Waals surface area contributed by atoms with Crippen molar-refractivity contribution in [3.05, 3.63) is 23.0 Å². The molecular formula is C15H27N3O2+2. The molecule has 1 aliphatic heterocycles. The number of nitrogens with one attached hydrogen (secondary N) is 1. The zero-order chi connectivity index (χ0) is 14.7. The monoisotopic (exact) mass is 281 g/mol. The predicted molar refractivity (Wildman–Crippen MR) is 77.1 cm³/mol. The van der Waals surface area contributed by atoms with E-state index in [0.717, 1.165) is 49.5 Å². The average Bonchev–Trinajstić information content (AvgIpc) is 2.65. The summed E-state index contributed by atoms with van der Waals surface area (Å²) in [5, 5.41) is 12.6. The molecule has 1 aromatic heterocycles. The van der Waals surface area contributed by atoms with Crippen LogP contribution in [0.5, 0.6) is 0 Å². The largest absolute Gasteiger partial charge is 0.385 e. The van der Waals surface area contributed by atoms with Crippen LogP contribution in [0.3, 0.4) is 0 Å². The molecule has 1 atom stereocenters. The van der Waals surface area contributed by atoms with Crippen molar-refractivity contribution in [3.63, 3.8) is 0 Å². The molecule has 5 heteroatoms. The highest BCUT2D eigenvalue weighted by molar-refractivity contribution is 5.96. The Morgan fingerprint density at radius 1 is 1.45 bits per heavy atom. The molecule has 20 heavy (non-hydrogen) atoms. The molecule has 0 saturated carbocycles. The molecule has 0 aliphatic carbocycles. The fourth-order valence-electron chi connectivity index (χ4n) is 3.26. The molecule has 0 radical (unpaired) electrons. The summed E-state index contributed by atoms with van der Waals surface area (Å²) in [6.07, 6.45) is 1.63. The quantitative estimate of drug-likeness (QED) is 0.554. The van der Waals surface area contributed by atoms with Crippen molar-refractivity contribution in [3.8, 4) is 0 Å². The smallest absolute Gasteiger partial charge is 0.161 e. The number of piperazine rings is 1. The van der Waals surface area contributed by atoms with Crippen molar-refractivity contribution in [1.29, 1.82) is 0 Å². The van der Waals surface area contributed by atoms with Crippen LogP contribution in [-0.2, 0) is 6.54 Å². The molecule has 4 N–H and O–H groups in total. The Hall–Kier alpha value is -1.17. The van der Waals surface area contributed by atoms with Gasteiger partial charge in [-0.2, -0.15) is 0 Å². The van der Waals surface area contributed by atoms with Crippen LogP contribution in [0, 0.1) is 13.8 Å². The van der Waals surface area contributed by atoms with E-state index in [4.69, 9.17) is 0 Å². The highest BCUT2D eigenvalue weighted by atomic mass is 16.3. The molecule has 0 spiro atoms. The van der Waals surface area contributed by atoms with Gasteiger partial charge in [0.25, 0.3) is 0 Å². The van der Waals surface area contributed by atoms with E-state index in [0.29, 0.717) is 6.54 Å². The minimum atomic E-state index is -0.353. The maximum atomic E-state index is 11.6. The Kier molecular flexibility index (Phi) is 4.96. The number of aliphatic hydroxyl groups is 1. The van der Waals surface area contributed by atoms with Gasteiger partial charge < -0.3 is 19.9 Å². The molecule has 5 nitrogen and oxygen atoms in total. The summed E-state index contributed by atoms with van der Waals surface area (Å²) in [7, 11) is 0. The van der Waals surface area contributed by atoms with Crippen molar-refractivity contribution in [2.75, 3.05) is 32.7 Å². The third-order valence-corrected chi connectivity index (χ3v) is 4.22. The van der Waals surface area contributed by atoms with Gasteiger partial charge in [0.2, 0.25) is 0 Å². The minimum absolute atomic E-state index is 0.102. The van der Waals surface area contributed by atoms with Crippen molar-refractivity contribution >= 4 is 5.78 Å². The van der Waals surface area contributed by atoms with E-state index in [2.05, 4.69) is 5.32 Å². The third-order valence-electron chi connectivity index (χ3n) is 4.22. The van der Waals surface area contributed by atoms with Crippen LogP contribution in [0.2, 0.25) is 0 Å². The molecule has 0 unspecified atom stereocenters. The molecule has 1 saturated heterocycles. The average molecular weight is 281 g/mol. The number of nitrogens with two attached hydrogens (primary N) is 1. The second-order valence-corrected chi connectivity index (χ2v) is 5.96. The van der Waals surface area contributed by atoms with Gasteiger partial charge in [-0.3, -0.25) is 4.79 Å². The first kappa shape index (κ1) is 15.2. The fourth-order valence-corrected chi connectivity index (χ4v) is 3.26. The number of aromatic nitrogens is 1. The number of hydrogen-bond donors (Lipinski definition) is 3. The maximum absolute atomic E-state index is 11.6. The van der Waals surface area contributed by atoms with Crippen LogP contribution < -0.4 is 10.2 Å². The summed E-state index contributed by atoms with van der Waals surface area (Å²) < 4.78 is 2.02. The lowest BCUT2D eigenvalue weighted by Crippen LogP contribution is -3.21. The number of Topliss-reactive ketones (excluding diaryl/α,β-unsaturated/α-hetero) is 1. The van der Waals surface area contributed by atoms with E-state index < -0.39 is 0 Å². The Morgan fingerprint density at radius 2 is 2.10 bits per heavy atom. The van der Waals surface area contributed by atoms with E-state index in [9.17, 15) is 9.90 Å². The summed E-state index contributed by atoms with van der Waals surface area (Å²) in [6, 6.07) is 0. The summed E-state index contributed by atoms with van der Waals surface area (Å²) >= 11 is 0. The zero-order valence-electron chi connectivity index (χ0n) is 12.8. The lowest BCUT2D eigenvalue weighted by Gasteiger charge is -2.24. The van der Waals surface area contributed by atoms with Gasteiger partial charge in [-0.15, -0.1) is 0 Å². The molecule has 1 aromatic rings. The molecular weight excluding hydrogens is 254 g/mol. The van der Waals surface area contributed by atoms with Gasteiger partial charge in [-0.25, -0.2) is 0 Å². The Morgan fingerprint density at radius 3 is 2.65 bits per heavy atom. The van der Waals surface area contributed by atoms with E-state index >= 15 is 0 Å². The molecule has 0 bridgehead atoms. The number of ketones is 1. The number of carbonyl (C=O) groups is 1. The van der Waals surface area contributed by atoms with Gasteiger partial charge in [0.05, 0.1) is 6.54 Å². The fraction of sp³-hybridized carbons (Fsp3) is 0.667. The normalized spacial score (nSPS) is 18.2. The summed E-state index contributed by atoms with van der Waals surface area (Å²) in [6.45, 7) is 11.4. The first-order valence-electron chi connectivity index (χ1n) is 7.49. The number of hydrogen-bond acceptors (Lipinski definition) is 2. The maximum Gasteiger partial charge on any atom is 0.161 e. The first-order chi connectivity index (χ1) is 9.49. The van der Waals surface area contributed by atoms with Crippen molar-refractivity contribution in [2.24, 2.45) is 0 Å². The highest BCUT2D eigenvalue weighted by Gasteiger charge is 2.21. The molecule has 0 amide bonds. The summed E-state index contributed by atoms with van der Waals surface area (Å²) in [5.41, 5.74) is 2.77. The lowest BCUT2D eigenvalue weighted by atomic mass is 10.1. The summed E-state index contributed by atoms with van der Waals surface area (Å²) in [5.74, 6) is 0.102.